The Morgan fingerprint density at radius 3 is 2.21 bits per heavy atom. The van der Waals surface area contributed by atoms with Gasteiger partial charge in [0.05, 0.1) is 10.6 Å². The van der Waals surface area contributed by atoms with Gasteiger partial charge in [-0.05, 0) is 42.2 Å². The maximum atomic E-state index is 12.3. The summed E-state index contributed by atoms with van der Waals surface area (Å²) in [6.45, 7) is 7.34. The first kappa shape index (κ1) is 22.6. The minimum atomic E-state index is -3.80. The highest BCUT2D eigenvalue weighted by molar-refractivity contribution is 7.89. The average Bonchev–Trinajstić information content (AvgIpc) is 2.62. The molecule has 0 saturated heterocycles. The maximum absolute atomic E-state index is 12.3. The van der Waals surface area contributed by atoms with Crippen molar-refractivity contribution in [2.75, 3.05) is 11.9 Å². The van der Waals surface area contributed by atoms with E-state index >= 15 is 0 Å². The van der Waals surface area contributed by atoms with E-state index in [9.17, 15) is 23.1 Å². The Hall–Kier alpha value is -2.71. The van der Waals surface area contributed by atoms with Crippen molar-refractivity contribution < 1.29 is 23.1 Å². The number of aromatic hydroxyl groups is 1. The van der Waals surface area contributed by atoms with Crippen molar-refractivity contribution in [3.63, 3.8) is 0 Å². The molecule has 0 atom stereocenters. The molecule has 0 unspecified atom stereocenters. The summed E-state index contributed by atoms with van der Waals surface area (Å²) in [7, 11) is -3.80. The molecule has 2 aromatic rings. The Bertz CT molecular complexity index is 1010. The van der Waals surface area contributed by atoms with E-state index in [0.29, 0.717) is 5.56 Å². The topological polar surface area (TPSA) is 113 Å². The molecule has 0 heterocycles. The monoisotopic (exact) mass is 418 g/mol. The zero-order valence-corrected chi connectivity index (χ0v) is 17.8. The van der Waals surface area contributed by atoms with Crippen molar-refractivity contribution >= 4 is 27.4 Å². The third-order valence-electron chi connectivity index (χ3n) is 4.35. The zero-order valence-electron chi connectivity index (χ0n) is 16.9. The Morgan fingerprint density at radius 2 is 1.66 bits per heavy atom. The van der Waals surface area contributed by atoms with Crippen LogP contribution in [0.5, 0.6) is 5.75 Å². The Balaban J connectivity index is 1.97. The van der Waals surface area contributed by atoms with Gasteiger partial charge >= 0.3 is 0 Å². The van der Waals surface area contributed by atoms with Gasteiger partial charge in [0.25, 0.3) is 0 Å². The molecule has 0 saturated carbocycles. The molecule has 3 N–H and O–H groups in total. The van der Waals surface area contributed by atoms with Crippen molar-refractivity contribution in [3.05, 3.63) is 53.6 Å². The number of sulfonamides is 1. The first-order valence-electron chi connectivity index (χ1n) is 9.14. The fraction of sp³-hybridized carbons (Fsp3) is 0.333. The van der Waals surface area contributed by atoms with Gasteiger partial charge in [0, 0.05) is 18.5 Å². The van der Waals surface area contributed by atoms with Crippen LogP contribution < -0.4 is 10.0 Å². The highest BCUT2D eigenvalue weighted by Crippen LogP contribution is 2.30. The van der Waals surface area contributed by atoms with Crippen LogP contribution in [0.15, 0.2) is 47.4 Å². The Morgan fingerprint density at radius 1 is 1.03 bits per heavy atom. The second-order valence-electron chi connectivity index (χ2n) is 7.76. The molecule has 8 heteroatoms. The van der Waals surface area contributed by atoms with E-state index in [1.165, 1.54) is 37.3 Å². The first-order chi connectivity index (χ1) is 13.4. The third-order valence-corrected chi connectivity index (χ3v) is 5.83. The largest absolute Gasteiger partial charge is 0.506 e. The normalized spacial score (nSPS) is 11.9. The minimum Gasteiger partial charge on any atom is -0.506 e. The van der Waals surface area contributed by atoms with E-state index in [2.05, 4.69) is 10.0 Å². The first-order valence-corrected chi connectivity index (χ1v) is 10.6. The van der Waals surface area contributed by atoms with Crippen LogP contribution in [0.4, 0.5) is 5.69 Å². The molecule has 0 bridgehead atoms. The lowest BCUT2D eigenvalue weighted by Crippen LogP contribution is -2.28. The number of anilines is 1. The number of benzene rings is 2. The number of carbonyl (C=O) groups excluding carboxylic acids is 2. The van der Waals surface area contributed by atoms with Gasteiger partial charge in [0.2, 0.25) is 15.9 Å². The molecular formula is C21H26N2O5S. The number of Topliss-reactive ketones (excluding diaryl/α,β-unsaturated/α-hetero) is 1. The summed E-state index contributed by atoms with van der Waals surface area (Å²) in [5, 5.41) is 12.6. The molecule has 2 aromatic carbocycles. The van der Waals surface area contributed by atoms with Crippen LogP contribution in [0.25, 0.3) is 0 Å². The quantitative estimate of drug-likeness (QED) is 0.472. The van der Waals surface area contributed by atoms with Crippen LogP contribution in [-0.2, 0) is 20.2 Å². The minimum absolute atomic E-state index is 0.0124. The molecule has 0 spiro atoms. The lowest BCUT2D eigenvalue weighted by atomic mass is 9.87. The standard InChI is InChI=1S/C21H26N2O5S/c1-14(24)15-5-8-17(9-6-15)29(27,28)22-12-11-20(26)23-18-13-16(21(2,3)4)7-10-19(18)25/h5-10,13,22,25H,11-12H2,1-4H3,(H,23,26). The number of ketones is 1. The van der Waals surface area contributed by atoms with Crippen molar-refractivity contribution in [1.82, 2.24) is 4.72 Å². The molecule has 0 aliphatic rings. The summed E-state index contributed by atoms with van der Waals surface area (Å²) in [6, 6.07) is 10.6. The van der Waals surface area contributed by atoms with Gasteiger partial charge in [-0.1, -0.05) is 39.0 Å². The van der Waals surface area contributed by atoms with Crippen LogP contribution in [0.1, 0.15) is 50.0 Å². The van der Waals surface area contributed by atoms with Gasteiger partial charge in [-0.15, -0.1) is 0 Å². The molecule has 0 radical (unpaired) electrons. The molecule has 0 aliphatic heterocycles. The number of phenolic OH excluding ortho intramolecular Hbond substituents is 1. The number of hydrogen-bond acceptors (Lipinski definition) is 5. The van der Waals surface area contributed by atoms with Crippen molar-refractivity contribution in [2.45, 2.75) is 44.4 Å². The maximum Gasteiger partial charge on any atom is 0.240 e. The molecule has 0 aromatic heterocycles. The zero-order chi connectivity index (χ0) is 21.8. The molecule has 29 heavy (non-hydrogen) atoms. The average molecular weight is 419 g/mol. The number of hydrogen-bond donors (Lipinski definition) is 3. The van der Waals surface area contributed by atoms with E-state index < -0.39 is 15.9 Å². The van der Waals surface area contributed by atoms with Crippen LogP contribution >= 0.6 is 0 Å². The molecule has 7 nitrogen and oxygen atoms in total. The van der Waals surface area contributed by atoms with Gasteiger partial charge in [-0.25, -0.2) is 13.1 Å². The lowest BCUT2D eigenvalue weighted by molar-refractivity contribution is -0.116. The molecule has 156 valence electrons. The van der Waals surface area contributed by atoms with Crippen LogP contribution in [-0.4, -0.2) is 31.8 Å². The van der Waals surface area contributed by atoms with Crippen LogP contribution in [0, 0.1) is 0 Å². The molecule has 0 fully saturated rings. The van der Waals surface area contributed by atoms with Gasteiger partial charge in [-0.2, -0.15) is 0 Å². The lowest BCUT2D eigenvalue weighted by Gasteiger charge is -2.20. The Kier molecular flexibility index (Phi) is 6.81. The van der Waals surface area contributed by atoms with Crippen LogP contribution in [0.2, 0.25) is 0 Å². The summed E-state index contributed by atoms with van der Waals surface area (Å²) in [6.07, 6.45) is -0.107. The number of rotatable bonds is 7. The van der Waals surface area contributed by atoms with E-state index in [1.807, 2.05) is 20.8 Å². The fourth-order valence-electron chi connectivity index (χ4n) is 2.57. The molecule has 1 amide bonds. The van der Waals surface area contributed by atoms with E-state index in [1.54, 1.807) is 12.1 Å². The smallest absolute Gasteiger partial charge is 0.240 e. The van der Waals surface area contributed by atoms with E-state index in [0.717, 1.165) is 5.56 Å². The van der Waals surface area contributed by atoms with Gasteiger partial charge in [0.15, 0.2) is 5.78 Å². The Labute approximate surface area is 171 Å². The van der Waals surface area contributed by atoms with Gasteiger partial charge in [0.1, 0.15) is 5.75 Å². The predicted molar refractivity (Wildman–Crippen MR) is 112 cm³/mol. The van der Waals surface area contributed by atoms with Gasteiger partial charge in [-0.3, -0.25) is 9.59 Å². The van der Waals surface area contributed by atoms with Crippen molar-refractivity contribution in [1.29, 1.82) is 0 Å². The summed E-state index contributed by atoms with van der Waals surface area (Å²) in [4.78, 5) is 23.5. The fourth-order valence-corrected chi connectivity index (χ4v) is 3.60. The summed E-state index contributed by atoms with van der Waals surface area (Å²) in [5.41, 5.74) is 1.49. The van der Waals surface area contributed by atoms with Crippen LogP contribution in [0.3, 0.4) is 0 Å². The number of amides is 1. The SMILES string of the molecule is CC(=O)c1ccc(S(=O)(=O)NCCC(=O)Nc2cc(C(C)(C)C)ccc2O)cc1. The summed E-state index contributed by atoms with van der Waals surface area (Å²) >= 11 is 0. The summed E-state index contributed by atoms with van der Waals surface area (Å²) < 4.78 is 26.9. The summed E-state index contributed by atoms with van der Waals surface area (Å²) in [5.74, 6) is -0.643. The molecule has 0 aliphatic carbocycles. The number of carbonyl (C=O) groups is 2. The second-order valence-corrected chi connectivity index (χ2v) is 9.53. The number of nitrogens with one attached hydrogen (secondary N) is 2. The molecule has 2 rings (SSSR count). The highest BCUT2D eigenvalue weighted by Gasteiger charge is 2.17. The second kappa shape index (κ2) is 8.75. The highest BCUT2D eigenvalue weighted by atomic mass is 32.2. The number of phenols is 1. The third kappa shape index (κ3) is 6.13. The van der Waals surface area contributed by atoms with Crippen molar-refractivity contribution in [2.24, 2.45) is 0 Å². The molecular weight excluding hydrogens is 392 g/mol. The van der Waals surface area contributed by atoms with E-state index in [4.69, 9.17) is 0 Å². The van der Waals surface area contributed by atoms with Crippen molar-refractivity contribution in [3.8, 4) is 5.75 Å². The van der Waals surface area contributed by atoms with Gasteiger partial charge < -0.3 is 10.4 Å². The van der Waals surface area contributed by atoms with E-state index in [-0.39, 0.29) is 40.5 Å². The predicted octanol–water partition coefficient (Wildman–Crippen LogP) is 3.20.